The van der Waals surface area contributed by atoms with Crippen molar-refractivity contribution in [3.05, 3.63) is 77.8 Å². The molecule has 3 aromatic carbocycles. The Labute approximate surface area is 195 Å². The minimum Gasteiger partial charge on any atom is -0.495 e. The Balaban J connectivity index is 1.39. The van der Waals surface area contributed by atoms with Gasteiger partial charge in [-0.05, 0) is 23.6 Å². The van der Waals surface area contributed by atoms with E-state index in [1.54, 1.807) is 24.6 Å². The van der Waals surface area contributed by atoms with Crippen LogP contribution in [0, 0.1) is 0 Å². The number of hydrogen-bond donors (Lipinski definition) is 0. The zero-order chi connectivity index (χ0) is 23.2. The fraction of sp³-hybridized carbons (Fsp3) is 0.160. The summed E-state index contributed by atoms with van der Waals surface area (Å²) in [4.78, 5) is 30.5. The Bertz CT molecular complexity index is 1280. The van der Waals surface area contributed by atoms with E-state index in [1.165, 1.54) is 23.2 Å². The fourth-order valence-electron chi connectivity index (χ4n) is 3.34. The first-order chi connectivity index (χ1) is 16.1. The minimum atomic E-state index is -0.509. The van der Waals surface area contributed by atoms with E-state index in [0.29, 0.717) is 28.0 Å². The van der Waals surface area contributed by atoms with Crippen LogP contribution in [0.3, 0.4) is 0 Å². The Morgan fingerprint density at radius 1 is 0.970 bits per heavy atom. The third-order valence-corrected chi connectivity index (χ3v) is 5.72. The first kappa shape index (κ1) is 22.3. The van der Waals surface area contributed by atoms with Gasteiger partial charge in [0.2, 0.25) is 5.91 Å². The van der Waals surface area contributed by atoms with E-state index in [-0.39, 0.29) is 19.1 Å². The zero-order valence-electron chi connectivity index (χ0n) is 18.2. The third-order valence-electron chi connectivity index (χ3n) is 4.85. The summed E-state index contributed by atoms with van der Waals surface area (Å²) in [6.07, 6.45) is 0. The molecule has 0 N–H and O–H groups in total. The standard InChI is InChI=1S/C25H22N2O5S/c1-17(28)27(21-11-5-6-12-23(21)30-2)25-26-19(16-33-25)14-32-24(29)15-31-22-13-7-9-18-8-3-4-10-20(18)22/h3-13,16H,14-15H2,1-2H3. The summed E-state index contributed by atoms with van der Waals surface area (Å²) in [6, 6.07) is 20.7. The molecule has 0 aliphatic rings. The van der Waals surface area contributed by atoms with Crippen LogP contribution in [-0.4, -0.2) is 30.6 Å². The van der Waals surface area contributed by atoms with Crippen molar-refractivity contribution in [3.8, 4) is 11.5 Å². The first-order valence-corrected chi connectivity index (χ1v) is 11.1. The molecular weight excluding hydrogens is 440 g/mol. The molecule has 33 heavy (non-hydrogen) atoms. The van der Waals surface area contributed by atoms with Crippen LogP contribution in [0.15, 0.2) is 72.1 Å². The third kappa shape index (κ3) is 5.12. The molecule has 0 bridgehead atoms. The van der Waals surface area contributed by atoms with Crippen molar-refractivity contribution in [1.29, 1.82) is 0 Å². The summed E-state index contributed by atoms with van der Waals surface area (Å²) in [5.74, 6) is 0.461. The number of amides is 1. The van der Waals surface area contributed by atoms with Gasteiger partial charge in [-0.1, -0.05) is 48.5 Å². The second-order valence-corrected chi connectivity index (χ2v) is 7.91. The van der Waals surface area contributed by atoms with E-state index < -0.39 is 5.97 Å². The zero-order valence-corrected chi connectivity index (χ0v) is 19.0. The molecule has 4 rings (SSSR count). The molecule has 0 aliphatic heterocycles. The topological polar surface area (TPSA) is 78.0 Å². The van der Waals surface area contributed by atoms with Gasteiger partial charge >= 0.3 is 5.97 Å². The van der Waals surface area contributed by atoms with Crippen LogP contribution < -0.4 is 14.4 Å². The van der Waals surface area contributed by atoms with Gasteiger partial charge in [-0.25, -0.2) is 9.78 Å². The molecule has 0 atom stereocenters. The van der Waals surface area contributed by atoms with E-state index in [4.69, 9.17) is 14.2 Å². The van der Waals surface area contributed by atoms with Crippen LogP contribution in [0.4, 0.5) is 10.8 Å². The van der Waals surface area contributed by atoms with Gasteiger partial charge in [-0.3, -0.25) is 9.69 Å². The maximum atomic E-state index is 12.3. The van der Waals surface area contributed by atoms with Crippen LogP contribution in [0.25, 0.3) is 10.8 Å². The quantitative estimate of drug-likeness (QED) is 0.339. The number of carbonyl (C=O) groups is 2. The Morgan fingerprint density at radius 2 is 1.70 bits per heavy atom. The molecule has 1 heterocycles. The molecule has 4 aromatic rings. The van der Waals surface area contributed by atoms with E-state index in [2.05, 4.69) is 4.98 Å². The molecule has 0 saturated carbocycles. The number of nitrogens with zero attached hydrogens (tertiary/aromatic N) is 2. The van der Waals surface area contributed by atoms with Crippen LogP contribution in [0.1, 0.15) is 12.6 Å². The number of hydrogen-bond acceptors (Lipinski definition) is 7. The highest BCUT2D eigenvalue weighted by atomic mass is 32.1. The average Bonchev–Trinajstić information content (AvgIpc) is 3.30. The summed E-state index contributed by atoms with van der Waals surface area (Å²) in [5.41, 5.74) is 1.13. The highest BCUT2D eigenvalue weighted by molar-refractivity contribution is 7.14. The van der Waals surface area contributed by atoms with Gasteiger partial charge in [0.1, 0.15) is 18.1 Å². The molecule has 1 aromatic heterocycles. The van der Waals surface area contributed by atoms with Crippen molar-refractivity contribution >= 4 is 44.8 Å². The second-order valence-electron chi connectivity index (χ2n) is 7.07. The van der Waals surface area contributed by atoms with Gasteiger partial charge in [0.25, 0.3) is 0 Å². The lowest BCUT2D eigenvalue weighted by atomic mass is 10.1. The normalized spacial score (nSPS) is 10.6. The van der Waals surface area contributed by atoms with Gasteiger partial charge in [-0.2, -0.15) is 0 Å². The second kappa shape index (κ2) is 10.1. The number of anilines is 2. The molecule has 0 saturated heterocycles. The summed E-state index contributed by atoms with van der Waals surface area (Å²) in [7, 11) is 1.55. The molecule has 0 aliphatic carbocycles. The number of esters is 1. The van der Waals surface area contributed by atoms with Crippen LogP contribution >= 0.6 is 11.3 Å². The van der Waals surface area contributed by atoms with Crippen LogP contribution in [0.5, 0.6) is 11.5 Å². The lowest BCUT2D eigenvalue weighted by molar-refractivity contribution is -0.147. The van der Waals surface area contributed by atoms with Crippen LogP contribution in [-0.2, 0) is 20.9 Å². The molecule has 0 fully saturated rings. The SMILES string of the molecule is COc1ccccc1N(C(C)=O)c1nc(COC(=O)COc2cccc3ccccc23)cs1. The number of para-hydroxylation sites is 2. The van der Waals surface area contributed by atoms with E-state index in [1.807, 2.05) is 54.6 Å². The van der Waals surface area contributed by atoms with Crippen molar-refractivity contribution in [2.45, 2.75) is 13.5 Å². The van der Waals surface area contributed by atoms with Gasteiger partial charge in [0, 0.05) is 17.7 Å². The first-order valence-electron chi connectivity index (χ1n) is 10.2. The number of thiazole rings is 1. The predicted molar refractivity (Wildman–Crippen MR) is 127 cm³/mol. The summed E-state index contributed by atoms with van der Waals surface area (Å²) in [5, 5.41) is 4.17. The number of aromatic nitrogens is 1. The van der Waals surface area contributed by atoms with Crippen molar-refractivity contribution in [2.24, 2.45) is 0 Å². The number of carbonyl (C=O) groups excluding carboxylic acids is 2. The highest BCUT2D eigenvalue weighted by Crippen LogP contribution is 2.35. The molecule has 7 nitrogen and oxygen atoms in total. The van der Waals surface area contributed by atoms with Crippen molar-refractivity contribution in [3.63, 3.8) is 0 Å². The Morgan fingerprint density at radius 3 is 2.52 bits per heavy atom. The molecule has 0 spiro atoms. The minimum absolute atomic E-state index is 0.0219. The lowest BCUT2D eigenvalue weighted by Gasteiger charge is -2.20. The summed E-state index contributed by atoms with van der Waals surface area (Å²) >= 11 is 1.28. The van der Waals surface area contributed by atoms with Crippen molar-refractivity contribution < 1.29 is 23.8 Å². The summed E-state index contributed by atoms with van der Waals surface area (Å²) in [6.45, 7) is 1.22. The Hall–Kier alpha value is -3.91. The molecular formula is C25H22N2O5S. The van der Waals surface area contributed by atoms with Crippen LogP contribution in [0.2, 0.25) is 0 Å². The Kier molecular flexibility index (Phi) is 6.85. The fourth-order valence-corrected chi connectivity index (χ4v) is 4.21. The number of ether oxygens (including phenoxy) is 3. The largest absolute Gasteiger partial charge is 0.495 e. The van der Waals surface area contributed by atoms with Crippen molar-refractivity contribution in [1.82, 2.24) is 4.98 Å². The van der Waals surface area contributed by atoms with Gasteiger partial charge in [0.15, 0.2) is 11.7 Å². The number of fused-ring (bicyclic) bond motifs is 1. The van der Waals surface area contributed by atoms with E-state index >= 15 is 0 Å². The molecule has 1 amide bonds. The molecule has 168 valence electrons. The van der Waals surface area contributed by atoms with Gasteiger partial charge in [0.05, 0.1) is 18.5 Å². The average molecular weight is 463 g/mol. The smallest absolute Gasteiger partial charge is 0.344 e. The number of methoxy groups -OCH3 is 1. The molecule has 8 heteroatoms. The molecule has 0 unspecified atom stereocenters. The van der Waals surface area contributed by atoms with Gasteiger partial charge in [-0.15, -0.1) is 11.3 Å². The maximum Gasteiger partial charge on any atom is 0.344 e. The highest BCUT2D eigenvalue weighted by Gasteiger charge is 2.21. The van der Waals surface area contributed by atoms with E-state index in [9.17, 15) is 9.59 Å². The van der Waals surface area contributed by atoms with Crippen molar-refractivity contribution in [2.75, 3.05) is 18.6 Å². The summed E-state index contributed by atoms with van der Waals surface area (Å²) < 4.78 is 16.4. The maximum absolute atomic E-state index is 12.3. The number of benzene rings is 3. The number of rotatable bonds is 8. The van der Waals surface area contributed by atoms with Gasteiger partial charge < -0.3 is 14.2 Å². The predicted octanol–water partition coefficient (Wildman–Crippen LogP) is 5.11. The lowest BCUT2D eigenvalue weighted by Crippen LogP contribution is -2.23. The molecule has 0 radical (unpaired) electrons. The van der Waals surface area contributed by atoms with E-state index in [0.717, 1.165) is 10.8 Å². The monoisotopic (exact) mass is 462 g/mol.